The Balaban J connectivity index is 1.27. The molecule has 4 N–H and O–H groups in total. The number of carboxylic acids is 1. The molecule has 1 aromatic heterocycles. The van der Waals surface area contributed by atoms with Crippen LogP contribution in [0.4, 0.5) is 4.79 Å². The molecule has 0 saturated heterocycles. The van der Waals surface area contributed by atoms with Crippen molar-refractivity contribution in [1.82, 2.24) is 20.6 Å². The molecule has 0 bridgehead atoms. The van der Waals surface area contributed by atoms with Crippen LogP contribution >= 0.6 is 0 Å². The number of carbonyl (C=O) groups is 3. The van der Waals surface area contributed by atoms with Gasteiger partial charge in [0.05, 0.1) is 12.0 Å². The lowest BCUT2D eigenvalue weighted by atomic mass is 9.98. The van der Waals surface area contributed by atoms with Crippen molar-refractivity contribution in [2.45, 2.75) is 30.8 Å². The fourth-order valence-corrected chi connectivity index (χ4v) is 4.93. The Hall–Kier alpha value is -4.92. The summed E-state index contributed by atoms with van der Waals surface area (Å²) in [6, 6.07) is 22.7. The van der Waals surface area contributed by atoms with Crippen LogP contribution in [0.5, 0.6) is 0 Å². The summed E-state index contributed by atoms with van der Waals surface area (Å²) < 4.78 is 5.61. The first-order valence-electron chi connectivity index (χ1n) is 12.7. The zero-order valence-electron chi connectivity index (χ0n) is 21.0. The predicted octanol–water partition coefficient (Wildman–Crippen LogP) is 3.67. The number of aliphatic carboxylic acids is 1. The van der Waals surface area contributed by atoms with E-state index in [1.165, 1.54) is 6.33 Å². The Bertz CT molecular complexity index is 1410. The van der Waals surface area contributed by atoms with Crippen LogP contribution in [0.2, 0.25) is 0 Å². The third kappa shape index (κ3) is 5.98. The highest BCUT2D eigenvalue weighted by atomic mass is 16.5. The average Bonchev–Trinajstić information content (AvgIpc) is 3.58. The molecule has 2 amide bonds. The van der Waals surface area contributed by atoms with Gasteiger partial charge < -0.3 is 25.5 Å². The van der Waals surface area contributed by atoms with Crippen LogP contribution in [0, 0.1) is 0 Å². The van der Waals surface area contributed by atoms with Crippen molar-refractivity contribution < 1.29 is 24.2 Å². The third-order valence-corrected chi connectivity index (χ3v) is 6.82. The van der Waals surface area contributed by atoms with Crippen LogP contribution in [0.1, 0.15) is 28.3 Å². The van der Waals surface area contributed by atoms with Crippen LogP contribution < -0.4 is 10.6 Å². The molecule has 1 aliphatic carbocycles. The van der Waals surface area contributed by atoms with Gasteiger partial charge in [0.25, 0.3) is 0 Å². The van der Waals surface area contributed by atoms with Crippen LogP contribution in [0.25, 0.3) is 11.1 Å². The minimum atomic E-state index is -1.18. The second-order valence-corrected chi connectivity index (χ2v) is 9.38. The van der Waals surface area contributed by atoms with Crippen LogP contribution in [-0.4, -0.2) is 51.7 Å². The van der Waals surface area contributed by atoms with Gasteiger partial charge in [-0.15, -0.1) is 0 Å². The molecular formula is C30H28N4O5. The number of carboxylic acid groups (broad SMARTS) is 1. The van der Waals surface area contributed by atoms with Gasteiger partial charge >= 0.3 is 12.1 Å². The van der Waals surface area contributed by atoms with Gasteiger partial charge in [0.2, 0.25) is 5.91 Å². The molecule has 0 saturated carbocycles. The number of H-pyrrole nitrogens is 1. The second-order valence-electron chi connectivity index (χ2n) is 9.38. The Labute approximate surface area is 225 Å². The topological polar surface area (TPSA) is 133 Å². The van der Waals surface area contributed by atoms with Crippen molar-refractivity contribution >= 4 is 18.0 Å². The lowest BCUT2D eigenvalue weighted by Crippen LogP contribution is -2.53. The maximum Gasteiger partial charge on any atom is 0.407 e. The highest BCUT2D eigenvalue weighted by Crippen LogP contribution is 2.44. The summed E-state index contributed by atoms with van der Waals surface area (Å²) in [5.41, 5.74) is 5.65. The molecule has 1 heterocycles. The quantitative estimate of drug-likeness (QED) is 0.250. The number of aromatic nitrogens is 2. The Morgan fingerprint density at radius 1 is 0.846 bits per heavy atom. The summed E-state index contributed by atoms with van der Waals surface area (Å²) >= 11 is 0. The number of fused-ring (bicyclic) bond motifs is 3. The van der Waals surface area contributed by atoms with E-state index in [0.717, 1.165) is 27.8 Å². The number of hydrogen-bond donors (Lipinski definition) is 4. The fourth-order valence-electron chi connectivity index (χ4n) is 4.93. The average molecular weight is 525 g/mol. The van der Waals surface area contributed by atoms with Gasteiger partial charge in [0.1, 0.15) is 18.7 Å². The van der Waals surface area contributed by atoms with Gasteiger partial charge in [-0.3, -0.25) is 4.79 Å². The molecule has 5 rings (SSSR count). The second kappa shape index (κ2) is 11.6. The normalized spacial score (nSPS) is 13.5. The van der Waals surface area contributed by atoms with E-state index in [0.29, 0.717) is 5.69 Å². The molecule has 0 radical (unpaired) electrons. The number of ether oxygens (including phenoxy) is 1. The summed E-state index contributed by atoms with van der Waals surface area (Å²) in [7, 11) is 0. The summed E-state index contributed by atoms with van der Waals surface area (Å²) in [5.74, 6) is -1.95. The zero-order chi connectivity index (χ0) is 27.2. The molecule has 198 valence electrons. The van der Waals surface area contributed by atoms with Gasteiger partial charge in [0.15, 0.2) is 0 Å². The first-order chi connectivity index (χ1) is 19.0. The van der Waals surface area contributed by atoms with Crippen molar-refractivity contribution in [1.29, 1.82) is 0 Å². The monoisotopic (exact) mass is 524 g/mol. The van der Waals surface area contributed by atoms with E-state index in [9.17, 15) is 19.5 Å². The van der Waals surface area contributed by atoms with Gasteiger partial charge in [-0.05, 0) is 27.8 Å². The standard InChI is InChI=1S/C30H28N4O5/c35-28(33-27(29(36)37)14-19-8-2-1-3-9-19)26(15-20-16-31-18-32-20)34-30(38)39-17-25-23-12-6-4-10-21(23)22-11-5-7-13-24(22)25/h1-13,16,18,25-27H,14-15,17H2,(H,31,32)(H,33,35)(H,34,38)(H,36,37)/t26-,27-/m0/s1. The lowest BCUT2D eigenvalue weighted by Gasteiger charge is -2.21. The van der Waals surface area contributed by atoms with E-state index >= 15 is 0 Å². The SMILES string of the molecule is O=C(N[C@@H](Cc1c[nH]cn1)C(=O)N[C@@H](Cc1ccccc1)C(=O)O)OCC1c2ccccc2-c2ccccc21. The molecule has 0 spiro atoms. The number of imidazole rings is 1. The molecular weight excluding hydrogens is 496 g/mol. The maximum absolute atomic E-state index is 13.2. The summed E-state index contributed by atoms with van der Waals surface area (Å²) in [5, 5.41) is 14.9. The summed E-state index contributed by atoms with van der Waals surface area (Å²) in [6.07, 6.45) is 2.45. The van der Waals surface area contributed by atoms with E-state index in [1.807, 2.05) is 54.6 Å². The van der Waals surface area contributed by atoms with Crippen LogP contribution in [0.15, 0.2) is 91.4 Å². The molecule has 2 atom stereocenters. The van der Waals surface area contributed by atoms with Gasteiger partial charge in [-0.2, -0.15) is 0 Å². The van der Waals surface area contributed by atoms with E-state index in [1.54, 1.807) is 30.5 Å². The molecule has 39 heavy (non-hydrogen) atoms. The van der Waals surface area contributed by atoms with E-state index < -0.39 is 30.1 Å². The van der Waals surface area contributed by atoms with E-state index in [4.69, 9.17) is 4.74 Å². The first kappa shape index (κ1) is 25.7. The van der Waals surface area contributed by atoms with Crippen molar-refractivity contribution in [2.24, 2.45) is 0 Å². The molecule has 9 heteroatoms. The number of nitrogens with one attached hydrogen (secondary N) is 3. The van der Waals surface area contributed by atoms with Crippen molar-refractivity contribution in [3.05, 3.63) is 114 Å². The van der Waals surface area contributed by atoms with Gasteiger partial charge in [0, 0.05) is 25.0 Å². The number of nitrogens with zero attached hydrogens (tertiary/aromatic N) is 1. The number of carbonyl (C=O) groups excluding carboxylic acids is 2. The predicted molar refractivity (Wildman–Crippen MR) is 144 cm³/mol. The third-order valence-electron chi connectivity index (χ3n) is 6.82. The smallest absolute Gasteiger partial charge is 0.407 e. The summed E-state index contributed by atoms with van der Waals surface area (Å²) in [4.78, 5) is 45.0. The molecule has 0 unspecified atom stereocenters. The van der Waals surface area contributed by atoms with Gasteiger partial charge in [-0.1, -0.05) is 78.9 Å². The Kier molecular flexibility index (Phi) is 7.68. The number of rotatable bonds is 10. The Morgan fingerprint density at radius 3 is 2.10 bits per heavy atom. The number of aromatic amines is 1. The molecule has 4 aromatic rings. The molecule has 1 aliphatic rings. The van der Waals surface area contributed by atoms with E-state index in [2.05, 4.69) is 20.6 Å². The number of amides is 2. The Morgan fingerprint density at radius 2 is 1.49 bits per heavy atom. The van der Waals surface area contributed by atoms with Crippen molar-refractivity contribution in [2.75, 3.05) is 6.61 Å². The lowest BCUT2D eigenvalue weighted by molar-refractivity contribution is -0.142. The van der Waals surface area contributed by atoms with Crippen molar-refractivity contribution in [3.8, 4) is 11.1 Å². The van der Waals surface area contributed by atoms with E-state index in [-0.39, 0.29) is 25.4 Å². The number of hydrogen-bond acceptors (Lipinski definition) is 5. The summed E-state index contributed by atoms with van der Waals surface area (Å²) in [6.45, 7) is 0.0857. The number of alkyl carbamates (subject to hydrolysis) is 1. The van der Waals surface area contributed by atoms with Crippen LogP contribution in [-0.2, 0) is 27.2 Å². The molecule has 0 aliphatic heterocycles. The zero-order valence-corrected chi connectivity index (χ0v) is 21.0. The molecule has 3 aromatic carbocycles. The van der Waals surface area contributed by atoms with Crippen molar-refractivity contribution in [3.63, 3.8) is 0 Å². The molecule has 9 nitrogen and oxygen atoms in total. The maximum atomic E-state index is 13.2. The minimum Gasteiger partial charge on any atom is -0.480 e. The minimum absolute atomic E-state index is 0.0528. The fraction of sp³-hybridized carbons (Fsp3) is 0.200. The largest absolute Gasteiger partial charge is 0.480 e. The number of benzene rings is 3. The highest BCUT2D eigenvalue weighted by molar-refractivity contribution is 5.89. The highest BCUT2D eigenvalue weighted by Gasteiger charge is 2.31. The molecule has 0 fully saturated rings. The van der Waals surface area contributed by atoms with Crippen LogP contribution in [0.3, 0.4) is 0 Å². The van der Waals surface area contributed by atoms with Gasteiger partial charge in [-0.25, -0.2) is 14.6 Å². The first-order valence-corrected chi connectivity index (χ1v) is 12.7.